The number of halogens is 1. The number of hydrogen-bond donors (Lipinski definition) is 1. The summed E-state index contributed by atoms with van der Waals surface area (Å²) in [6.45, 7) is 1.82. The van der Waals surface area contributed by atoms with E-state index in [1.165, 1.54) is 16.8 Å². The van der Waals surface area contributed by atoms with Crippen LogP contribution in [-0.4, -0.2) is 25.8 Å². The zero-order valence-corrected chi connectivity index (χ0v) is 10.5. The molecule has 0 aromatic carbocycles. The summed E-state index contributed by atoms with van der Waals surface area (Å²) in [4.78, 5) is 14.6. The van der Waals surface area contributed by atoms with Crippen molar-refractivity contribution in [2.24, 2.45) is 7.05 Å². The number of ether oxygens (including phenoxy) is 1. The smallest absolute Gasteiger partial charge is 0.354 e. The van der Waals surface area contributed by atoms with Gasteiger partial charge in [0.05, 0.1) is 5.69 Å². The van der Waals surface area contributed by atoms with Gasteiger partial charge < -0.3 is 9.84 Å². The maximum absolute atomic E-state index is 10.8. The summed E-state index contributed by atoms with van der Waals surface area (Å²) in [5, 5.41) is 13.2. The highest BCUT2D eigenvalue weighted by atomic mass is 35.5. The van der Waals surface area contributed by atoms with Gasteiger partial charge in [0.2, 0.25) is 11.8 Å². The summed E-state index contributed by atoms with van der Waals surface area (Å²) in [6.07, 6.45) is 0. The third kappa shape index (κ3) is 2.43. The van der Waals surface area contributed by atoms with Gasteiger partial charge in [-0.2, -0.15) is 5.10 Å². The van der Waals surface area contributed by atoms with Gasteiger partial charge >= 0.3 is 5.97 Å². The molecule has 0 aliphatic heterocycles. The number of aryl methyl sites for hydroxylation is 2. The first-order valence-corrected chi connectivity index (χ1v) is 5.43. The van der Waals surface area contributed by atoms with E-state index in [1.54, 1.807) is 13.1 Å². The van der Waals surface area contributed by atoms with E-state index in [1.807, 2.05) is 6.92 Å². The number of carboxylic acids is 1. The zero-order valence-electron chi connectivity index (χ0n) is 9.72. The van der Waals surface area contributed by atoms with Crippen LogP contribution in [0.15, 0.2) is 18.2 Å². The Bertz CT molecular complexity index is 610. The number of nitrogens with zero attached hydrogens (tertiary/aromatic N) is 3. The summed E-state index contributed by atoms with van der Waals surface area (Å²) < 4.78 is 6.96. The van der Waals surface area contributed by atoms with E-state index >= 15 is 0 Å². The average Bonchev–Trinajstić information content (AvgIpc) is 2.60. The molecule has 18 heavy (non-hydrogen) atoms. The van der Waals surface area contributed by atoms with Crippen molar-refractivity contribution < 1.29 is 14.6 Å². The molecule has 94 valence electrons. The molecule has 7 heteroatoms. The van der Waals surface area contributed by atoms with Crippen LogP contribution in [0.4, 0.5) is 0 Å². The van der Waals surface area contributed by atoms with Crippen molar-refractivity contribution in [3.05, 3.63) is 34.6 Å². The highest BCUT2D eigenvalue weighted by Crippen LogP contribution is 2.27. The minimum Gasteiger partial charge on any atom is -0.477 e. The van der Waals surface area contributed by atoms with Gasteiger partial charge in [0.1, 0.15) is 5.02 Å². The zero-order chi connectivity index (χ0) is 13.3. The molecule has 0 aliphatic carbocycles. The summed E-state index contributed by atoms with van der Waals surface area (Å²) in [5.74, 6) is -0.665. The molecule has 0 unspecified atom stereocenters. The highest BCUT2D eigenvalue weighted by molar-refractivity contribution is 6.31. The van der Waals surface area contributed by atoms with Crippen LogP contribution in [0, 0.1) is 6.92 Å². The molecule has 1 N–H and O–H groups in total. The Hall–Kier alpha value is -2.08. The molecule has 6 nitrogen and oxygen atoms in total. The van der Waals surface area contributed by atoms with E-state index in [4.69, 9.17) is 21.4 Å². The lowest BCUT2D eigenvalue weighted by Crippen LogP contribution is -2.03. The minimum absolute atomic E-state index is 0.0413. The first-order valence-electron chi connectivity index (χ1n) is 5.05. The largest absolute Gasteiger partial charge is 0.477 e. The lowest BCUT2D eigenvalue weighted by molar-refractivity contribution is 0.0689. The lowest BCUT2D eigenvalue weighted by atomic mass is 10.3. The topological polar surface area (TPSA) is 77.2 Å². The van der Waals surface area contributed by atoms with Gasteiger partial charge in [0, 0.05) is 13.1 Å². The average molecular weight is 268 g/mol. The fraction of sp³-hybridized carbons (Fsp3) is 0.182. The van der Waals surface area contributed by atoms with E-state index < -0.39 is 5.97 Å². The Labute approximate surface area is 108 Å². The molecule has 0 aliphatic rings. The predicted octanol–water partition coefficient (Wildman–Crippen LogP) is 2.27. The monoisotopic (exact) mass is 267 g/mol. The predicted molar refractivity (Wildman–Crippen MR) is 64.2 cm³/mol. The van der Waals surface area contributed by atoms with Gasteiger partial charge in [-0.1, -0.05) is 11.6 Å². The van der Waals surface area contributed by atoms with Gasteiger partial charge in [-0.3, -0.25) is 0 Å². The number of carbonyl (C=O) groups is 1. The second kappa shape index (κ2) is 4.66. The minimum atomic E-state index is -1.14. The Morgan fingerprint density at radius 3 is 2.78 bits per heavy atom. The molecular formula is C11H10ClN3O3. The first kappa shape index (κ1) is 12.4. The van der Waals surface area contributed by atoms with Crippen molar-refractivity contribution in [3.8, 4) is 11.8 Å². The Balaban J connectivity index is 2.36. The fourth-order valence-corrected chi connectivity index (χ4v) is 1.54. The second-order valence-corrected chi connectivity index (χ2v) is 4.05. The molecule has 0 spiro atoms. The summed E-state index contributed by atoms with van der Waals surface area (Å²) in [7, 11) is 1.71. The maximum atomic E-state index is 10.8. The van der Waals surface area contributed by atoms with Crippen LogP contribution in [0.3, 0.4) is 0 Å². The van der Waals surface area contributed by atoms with Crippen molar-refractivity contribution >= 4 is 17.6 Å². The molecule has 0 saturated carbocycles. The Kier molecular flexibility index (Phi) is 3.20. The van der Waals surface area contributed by atoms with Crippen LogP contribution in [-0.2, 0) is 7.05 Å². The van der Waals surface area contributed by atoms with Crippen LogP contribution in [0.2, 0.25) is 5.02 Å². The van der Waals surface area contributed by atoms with Crippen molar-refractivity contribution in [1.29, 1.82) is 0 Å². The standard InChI is InChI=1S/C11H10ClN3O3/c1-6-5-9(15(2)14-6)18-10-7(12)3-4-8(13-10)11(16)17/h3-5H,1-2H3,(H,16,17). The molecule has 0 amide bonds. The molecule has 0 bridgehead atoms. The molecule has 0 atom stereocenters. The molecule has 0 radical (unpaired) electrons. The van der Waals surface area contributed by atoms with Crippen LogP contribution < -0.4 is 4.74 Å². The van der Waals surface area contributed by atoms with Crippen LogP contribution in [0.1, 0.15) is 16.2 Å². The van der Waals surface area contributed by atoms with Gasteiger partial charge in [-0.25, -0.2) is 14.5 Å². The van der Waals surface area contributed by atoms with Gasteiger partial charge in [0.15, 0.2) is 5.69 Å². The molecule has 2 aromatic heterocycles. The summed E-state index contributed by atoms with van der Waals surface area (Å²) in [5.41, 5.74) is 0.645. The number of carboxylic acid groups (broad SMARTS) is 1. The van der Waals surface area contributed by atoms with E-state index in [2.05, 4.69) is 10.1 Å². The van der Waals surface area contributed by atoms with Crippen molar-refractivity contribution in [2.45, 2.75) is 6.92 Å². The third-order valence-electron chi connectivity index (χ3n) is 2.19. The Morgan fingerprint density at radius 1 is 1.50 bits per heavy atom. The first-order chi connectivity index (χ1) is 8.47. The van der Waals surface area contributed by atoms with Crippen LogP contribution in [0.5, 0.6) is 11.8 Å². The SMILES string of the molecule is Cc1cc(Oc2nc(C(=O)O)ccc2Cl)n(C)n1. The molecule has 2 rings (SSSR count). The highest BCUT2D eigenvalue weighted by Gasteiger charge is 2.13. The van der Waals surface area contributed by atoms with Crippen molar-refractivity contribution in [1.82, 2.24) is 14.8 Å². The van der Waals surface area contributed by atoms with Gasteiger partial charge in [-0.05, 0) is 19.1 Å². The summed E-state index contributed by atoms with van der Waals surface area (Å²) in [6, 6.07) is 4.44. The normalized spacial score (nSPS) is 10.4. The number of pyridine rings is 1. The summed E-state index contributed by atoms with van der Waals surface area (Å²) >= 11 is 5.90. The molecule has 0 fully saturated rings. The molecule has 2 aromatic rings. The lowest BCUT2D eigenvalue weighted by Gasteiger charge is -2.06. The number of rotatable bonds is 3. The van der Waals surface area contributed by atoms with Gasteiger partial charge in [0.25, 0.3) is 0 Å². The van der Waals surface area contributed by atoms with Gasteiger partial charge in [-0.15, -0.1) is 0 Å². The number of aromatic carboxylic acids is 1. The van der Waals surface area contributed by atoms with Crippen molar-refractivity contribution in [3.63, 3.8) is 0 Å². The van der Waals surface area contributed by atoms with E-state index in [9.17, 15) is 4.79 Å². The van der Waals surface area contributed by atoms with Crippen molar-refractivity contribution in [2.75, 3.05) is 0 Å². The van der Waals surface area contributed by atoms with E-state index in [-0.39, 0.29) is 16.6 Å². The van der Waals surface area contributed by atoms with Crippen LogP contribution in [0.25, 0.3) is 0 Å². The quantitative estimate of drug-likeness (QED) is 0.923. The Morgan fingerprint density at radius 2 is 2.22 bits per heavy atom. The van der Waals surface area contributed by atoms with E-state index in [0.717, 1.165) is 5.69 Å². The van der Waals surface area contributed by atoms with E-state index in [0.29, 0.717) is 5.88 Å². The molecule has 0 saturated heterocycles. The fourth-order valence-electron chi connectivity index (χ4n) is 1.40. The second-order valence-electron chi connectivity index (χ2n) is 3.64. The number of hydrogen-bond acceptors (Lipinski definition) is 4. The van der Waals surface area contributed by atoms with Crippen LogP contribution >= 0.6 is 11.6 Å². The maximum Gasteiger partial charge on any atom is 0.354 e. The third-order valence-corrected chi connectivity index (χ3v) is 2.48. The number of aromatic nitrogens is 3. The molecular weight excluding hydrogens is 258 g/mol. The molecule has 2 heterocycles.